The van der Waals surface area contributed by atoms with Gasteiger partial charge in [0.25, 0.3) is 0 Å². The number of β-amino-alcohol motifs (C(OH)–C–C–N with tert-alkyl or cyclic N) is 1. The highest BCUT2D eigenvalue weighted by Crippen LogP contribution is 2.28. The van der Waals surface area contributed by atoms with Gasteiger partial charge in [0.2, 0.25) is 10.0 Å². The average molecular weight is 436 g/mol. The lowest BCUT2D eigenvalue weighted by Crippen LogP contribution is -2.49. The highest BCUT2D eigenvalue weighted by atomic mass is 32.2. The van der Waals surface area contributed by atoms with E-state index in [1.807, 2.05) is 18.2 Å². The Morgan fingerprint density at radius 1 is 1.07 bits per heavy atom. The van der Waals surface area contributed by atoms with Crippen molar-refractivity contribution >= 4 is 21.4 Å². The van der Waals surface area contributed by atoms with E-state index >= 15 is 0 Å². The van der Waals surface area contributed by atoms with E-state index in [0.717, 1.165) is 43.9 Å². The highest BCUT2D eigenvalue weighted by molar-refractivity contribution is 7.92. The van der Waals surface area contributed by atoms with E-state index in [9.17, 15) is 13.5 Å². The van der Waals surface area contributed by atoms with E-state index in [1.165, 1.54) is 0 Å². The third-order valence-corrected chi connectivity index (χ3v) is 5.47. The number of hydrogen-bond acceptors (Lipinski definition) is 7. The second kappa shape index (κ2) is 10.0. The molecule has 2 aromatic rings. The van der Waals surface area contributed by atoms with Crippen LogP contribution in [0.15, 0.2) is 48.5 Å². The van der Waals surface area contributed by atoms with Gasteiger partial charge in [0, 0.05) is 38.4 Å². The second-order valence-corrected chi connectivity index (χ2v) is 9.07. The van der Waals surface area contributed by atoms with Crippen LogP contribution < -0.4 is 19.1 Å². The van der Waals surface area contributed by atoms with Crippen LogP contribution in [0.3, 0.4) is 0 Å². The second-order valence-electron chi connectivity index (χ2n) is 7.32. The zero-order chi connectivity index (χ0) is 21.6. The molecule has 0 aliphatic carbocycles. The van der Waals surface area contributed by atoms with Crippen molar-refractivity contribution in [2.24, 2.45) is 0 Å². The zero-order valence-electron chi connectivity index (χ0n) is 17.3. The van der Waals surface area contributed by atoms with Crippen molar-refractivity contribution in [1.29, 1.82) is 0 Å². The van der Waals surface area contributed by atoms with Crippen LogP contribution in [0.25, 0.3) is 0 Å². The number of aliphatic hydroxyl groups excluding tert-OH is 1. The van der Waals surface area contributed by atoms with Crippen molar-refractivity contribution in [2.45, 2.75) is 6.10 Å². The molecule has 0 spiro atoms. The Morgan fingerprint density at radius 2 is 1.73 bits per heavy atom. The number of piperazine rings is 1. The normalized spacial score (nSPS) is 16.2. The molecule has 0 amide bonds. The molecule has 1 atom stereocenters. The van der Waals surface area contributed by atoms with Crippen molar-refractivity contribution in [3.63, 3.8) is 0 Å². The minimum atomic E-state index is -3.30. The van der Waals surface area contributed by atoms with Crippen LogP contribution >= 0.6 is 0 Å². The Kier molecular flexibility index (Phi) is 7.41. The lowest BCUT2D eigenvalue weighted by molar-refractivity contribution is 0.0663. The van der Waals surface area contributed by atoms with Crippen molar-refractivity contribution < 1.29 is 23.0 Å². The fraction of sp³-hybridized carbons (Fsp3) is 0.429. The molecule has 2 N–H and O–H groups in total. The standard InChI is InChI=1S/C21H29N3O5S/c1-28-21-6-4-3-5-20(21)24-13-11-23(12-14-24)15-18(25)16-29-19-9-7-17(8-10-19)22-30(2,26)27/h3-10,18,22,25H,11-16H2,1-2H3/t18-/m0/s1. The van der Waals surface area contributed by atoms with E-state index < -0.39 is 16.1 Å². The molecule has 1 heterocycles. The predicted molar refractivity (Wildman–Crippen MR) is 118 cm³/mol. The fourth-order valence-corrected chi connectivity index (χ4v) is 4.00. The Balaban J connectivity index is 1.42. The molecule has 1 aliphatic rings. The molecule has 30 heavy (non-hydrogen) atoms. The predicted octanol–water partition coefficient (Wildman–Crippen LogP) is 1.63. The molecule has 0 radical (unpaired) electrons. The molecule has 0 aromatic heterocycles. The number of aliphatic hydroxyl groups is 1. The molecule has 0 saturated carbocycles. The summed E-state index contributed by atoms with van der Waals surface area (Å²) in [5, 5.41) is 10.3. The average Bonchev–Trinajstić information content (AvgIpc) is 2.73. The highest BCUT2D eigenvalue weighted by Gasteiger charge is 2.21. The van der Waals surface area contributed by atoms with Crippen molar-refractivity contribution in [3.05, 3.63) is 48.5 Å². The van der Waals surface area contributed by atoms with Crippen LogP contribution in [0.1, 0.15) is 0 Å². The van der Waals surface area contributed by atoms with Crippen LogP contribution in [0, 0.1) is 0 Å². The number of sulfonamides is 1. The van der Waals surface area contributed by atoms with Crippen LogP contribution in [-0.2, 0) is 10.0 Å². The Bertz CT molecular complexity index is 912. The van der Waals surface area contributed by atoms with Crippen molar-refractivity contribution in [1.82, 2.24) is 4.90 Å². The Hall–Kier alpha value is -2.49. The summed E-state index contributed by atoms with van der Waals surface area (Å²) in [7, 11) is -1.62. The summed E-state index contributed by atoms with van der Waals surface area (Å²) >= 11 is 0. The van der Waals surface area contributed by atoms with Crippen molar-refractivity contribution in [3.8, 4) is 11.5 Å². The van der Waals surface area contributed by atoms with Gasteiger partial charge in [0.1, 0.15) is 24.2 Å². The maximum absolute atomic E-state index is 11.2. The van der Waals surface area contributed by atoms with Gasteiger partial charge in [-0.15, -0.1) is 0 Å². The topological polar surface area (TPSA) is 91.3 Å². The molecule has 8 nitrogen and oxygen atoms in total. The molecule has 0 unspecified atom stereocenters. The van der Waals surface area contributed by atoms with Gasteiger partial charge in [-0.25, -0.2) is 8.42 Å². The van der Waals surface area contributed by atoms with Crippen LogP contribution in [0.2, 0.25) is 0 Å². The summed E-state index contributed by atoms with van der Waals surface area (Å²) in [6.07, 6.45) is 0.487. The van der Waals surface area contributed by atoms with E-state index in [-0.39, 0.29) is 6.61 Å². The quantitative estimate of drug-likeness (QED) is 0.619. The number of nitrogens with zero attached hydrogens (tertiary/aromatic N) is 2. The Labute approximate surface area is 178 Å². The van der Waals surface area contributed by atoms with Crippen LogP contribution in [0.5, 0.6) is 11.5 Å². The molecular weight excluding hydrogens is 406 g/mol. The molecule has 3 rings (SSSR count). The zero-order valence-corrected chi connectivity index (χ0v) is 18.1. The first-order valence-corrected chi connectivity index (χ1v) is 11.7. The smallest absolute Gasteiger partial charge is 0.229 e. The number of anilines is 2. The maximum Gasteiger partial charge on any atom is 0.229 e. The van der Waals surface area contributed by atoms with Gasteiger partial charge < -0.3 is 19.5 Å². The lowest BCUT2D eigenvalue weighted by atomic mass is 10.2. The number of ether oxygens (including phenoxy) is 2. The number of para-hydroxylation sites is 2. The molecule has 0 bridgehead atoms. The van der Waals surface area contributed by atoms with E-state index in [2.05, 4.69) is 20.6 Å². The first-order chi connectivity index (χ1) is 14.3. The summed E-state index contributed by atoms with van der Waals surface area (Å²) in [5.74, 6) is 1.45. The minimum absolute atomic E-state index is 0.172. The largest absolute Gasteiger partial charge is 0.495 e. The first kappa shape index (κ1) is 22.2. The number of rotatable bonds is 9. The van der Waals surface area contributed by atoms with Crippen molar-refractivity contribution in [2.75, 3.05) is 62.3 Å². The third-order valence-electron chi connectivity index (χ3n) is 4.87. The maximum atomic E-state index is 11.2. The minimum Gasteiger partial charge on any atom is -0.495 e. The van der Waals surface area contributed by atoms with Crippen LogP contribution in [-0.4, -0.2) is 77.2 Å². The van der Waals surface area contributed by atoms with Gasteiger partial charge in [-0.3, -0.25) is 9.62 Å². The summed E-state index contributed by atoms with van der Waals surface area (Å²) in [4.78, 5) is 4.52. The van der Waals surface area contributed by atoms with E-state index in [4.69, 9.17) is 9.47 Å². The summed E-state index contributed by atoms with van der Waals surface area (Å²) in [5.41, 5.74) is 1.57. The van der Waals surface area contributed by atoms with Gasteiger partial charge in [0.15, 0.2) is 0 Å². The number of nitrogens with one attached hydrogen (secondary N) is 1. The van der Waals surface area contributed by atoms with E-state index in [0.29, 0.717) is 18.0 Å². The molecular formula is C21H29N3O5S. The number of methoxy groups -OCH3 is 1. The monoisotopic (exact) mass is 435 g/mol. The van der Waals surface area contributed by atoms with Gasteiger partial charge in [-0.1, -0.05) is 12.1 Å². The summed E-state index contributed by atoms with van der Waals surface area (Å²) < 4.78 is 35.9. The van der Waals surface area contributed by atoms with Gasteiger partial charge in [-0.2, -0.15) is 0 Å². The first-order valence-electron chi connectivity index (χ1n) is 9.83. The molecule has 2 aromatic carbocycles. The van der Waals surface area contributed by atoms with Crippen LogP contribution in [0.4, 0.5) is 11.4 Å². The summed E-state index contributed by atoms with van der Waals surface area (Å²) in [6.45, 7) is 4.13. The number of benzene rings is 2. The van der Waals surface area contributed by atoms with Gasteiger partial charge in [-0.05, 0) is 36.4 Å². The summed E-state index contributed by atoms with van der Waals surface area (Å²) in [6, 6.07) is 14.6. The molecule has 9 heteroatoms. The molecule has 1 aliphatic heterocycles. The number of hydrogen-bond donors (Lipinski definition) is 2. The Morgan fingerprint density at radius 3 is 2.37 bits per heavy atom. The molecule has 1 fully saturated rings. The molecule has 164 valence electrons. The molecule has 1 saturated heterocycles. The lowest BCUT2D eigenvalue weighted by Gasteiger charge is -2.37. The SMILES string of the molecule is COc1ccccc1N1CCN(C[C@H](O)COc2ccc(NS(C)(=O)=O)cc2)CC1. The van der Waals surface area contributed by atoms with Gasteiger partial charge in [0.05, 0.1) is 19.1 Å². The van der Waals surface area contributed by atoms with Gasteiger partial charge >= 0.3 is 0 Å². The van der Waals surface area contributed by atoms with E-state index in [1.54, 1.807) is 31.4 Å². The fourth-order valence-electron chi connectivity index (χ4n) is 3.44. The third kappa shape index (κ3) is 6.51.